The van der Waals surface area contributed by atoms with Crippen LogP contribution in [-0.4, -0.2) is 17.9 Å². The Bertz CT molecular complexity index is 1280. The minimum Gasteiger partial charge on any atom is -0.449 e. The van der Waals surface area contributed by atoms with E-state index in [1.54, 1.807) is 23.1 Å². The topological polar surface area (TPSA) is 58.6 Å². The van der Waals surface area contributed by atoms with Crippen molar-refractivity contribution in [2.75, 3.05) is 4.90 Å². The van der Waals surface area contributed by atoms with Crippen molar-refractivity contribution in [3.8, 4) is 5.75 Å². The molecule has 1 fully saturated rings. The Kier molecular flexibility index (Phi) is 7.10. The first kappa shape index (κ1) is 24.1. The molecule has 0 unspecified atom stereocenters. The van der Waals surface area contributed by atoms with Gasteiger partial charge in [-0.15, -0.1) is 0 Å². The van der Waals surface area contributed by atoms with E-state index in [4.69, 9.17) is 16.3 Å². The van der Waals surface area contributed by atoms with Crippen LogP contribution >= 0.6 is 11.6 Å². The molecule has 5 nitrogen and oxygen atoms in total. The molecule has 1 N–H and O–H groups in total. The van der Waals surface area contributed by atoms with Gasteiger partial charge >= 0.3 is 0 Å². The van der Waals surface area contributed by atoms with Crippen LogP contribution in [0.2, 0.25) is 5.02 Å². The first-order valence-electron chi connectivity index (χ1n) is 12.4. The Balaban J connectivity index is 1.35. The van der Waals surface area contributed by atoms with Crippen molar-refractivity contribution in [1.82, 2.24) is 5.32 Å². The lowest BCUT2D eigenvalue weighted by molar-refractivity contribution is -0.117. The van der Waals surface area contributed by atoms with Crippen molar-refractivity contribution >= 4 is 35.2 Å². The molecule has 2 aliphatic rings. The first-order chi connectivity index (χ1) is 17.5. The molecule has 0 radical (unpaired) electrons. The highest BCUT2D eigenvalue weighted by molar-refractivity contribution is 6.30. The second-order valence-electron chi connectivity index (χ2n) is 9.56. The molecule has 2 amide bonds. The molecule has 6 heteroatoms. The molecular formula is C30H29ClN2O3. The summed E-state index contributed by atoms with van der Waals surface area (Å²) in [7, 11) is 0. The second-order valence-corrected chi connectivity index (χ2v) is 10.00. The fraction of sp³-hybridized carbons (Fsp3) is 0.267. The predicted molar refractivity (Wildman–Crippen MR) is 143 cm³/mol. The lowest BCUT2D eigenvalue weighted by Gasteiger charge is -2.30. The number of carbonyl (C=O) groups is 2. The Morgan fingerprint density at radius 2 is 1.75 bits per heavy atom. The van der Waals surface area contributed by atoms with Gasteiger partial charge in [0.2, 0.25) is 0 Å². The van der Waals surface area contributed by atoms with Crippen molar-refractivity contribution in [3.05, 3.63) is 100 Å². The van der Waals surface area contributed by atoms with E-state index in [9.17, 15) is 9.59 Å². The van der Waals surface area contributed by atoms with Crippen LogP contribution in [0.4, 0.5) is 5.69 Å². The van der Waals surface area contributed by atoms with Gasteiger partial charge in [0.1, 0.15) is 0 Å². The minimum absolute atomic E-state index is 0.0546. The Morgan fingerprint density at radius 3 is 2.50 bits per heavy atom. The summed E-state index contributed by atoms with van der Waals surface area (Å²) in [6.07, 6.45) is 6.31. The lowest BCUT2D eigenvalue weighted by Crippen LogP contribution is -2.41. The zero-order valence-corrected chi connectivity index (χ0v) is 21.0. The Hall–Kier alpha value is -3.57. The van der Waals surface area contributed by atoms with Gasteiger partial charge in [-0.05, 0) is 72.4 Å². The third-order valence-electron chi connectivity index (χ3n) is 6.98. The van der Waals surface area contributed by atoms with E-state index in [0.717, 1.165) is 36.1 Å². The molecule has 184 valence electrons. The van der Waals surface area contributed by atoms with Gasteiger partial charge in [-0.1, -0.05) is 67.8 Å². The summed E-state index contributed by atoms with van der Waals surface area (Å²) >= 11 is 6.03. The van der Waals surface area contributed by atoms with Gasteiger partial charge in [0.05, 0.1) is 12.2 Å². The molecule has 2 atom stereocenters. The van der Waals surface area contributed by atoms with Crippen LogP contribution in [0.15, 0.2) is 78.6 Å². The van der Waals surface area contributed by atoms with E-state index in [2.05, 4.69) is 12.2 Å². The van der Waals surface area contributed by atoms with E-state index in [0.29, 0.717) is 28.8 Å². The van der Waals surface area contributed by atoms with Gasteiger partial charge in [-0.25, -0.2) is 0 Å². The average Bonchev–Trinajstić information content (AvgIpc) is 2.89. The molecule has 0 spiro atoms. The molecule has 3 aromatic carbocycles. The highest BCUT2D eigenvalue weighted by atomic mass is 35.5. The molecule has 5 rings (SSSR count). The summed E-state index contributed by atoms with van der Waals surface area (Å²) in [5.41, 5.74) is 3.08. The van der Waals surface area contributed by atoms with E-state index in [1.807, 2.05) is 60.7 Å². The largest absolute Gasteiger partial charge is 0.449 e. The highest BCUT2D eigenvalue weighted by Crippen LogP contribution is 2.36. The number of hydrogen-bond donors (Lipinski definition) is 1. The predicted octanol–water partition coefficient (Wildman–Crippen LogP) is 6.62. The van der Waals surface area contributed by atoms with Crippen LogP contribution in [0.5, 0.6) is 5.75 Å². The molecule has 0 saturated heterocycles. The van der Waals surface area contributed by atoms with Crippen LogP contribution in [0.25, 0.3) is 6.08 Å². The van der Waals surface area contributed by atoms with Gasteiger partial charge < -0.3 is 10.1 Å². The SMILES string of the molecule is C[C@@H]1CCCC[C@@H]1NC(=O)c1ccc(/C=C2\Oc3ccccc3N(Cc3ccc(Cl)cc3)C2=O)cc1. The van der Waals surface area contributed by atoms with Crippen molar-refractivity contribution in [2.24, 2.45) is 5.92 Å². The molecule has 1 aliphatic carbocycles. The molecule has 1 aliphatic heterocycles. The number of hydrogen-bond acceptors (Lipinski definition) is 3. The maximum atomic E-state index is 13.4. The number of rotatable bonds is 5. The van der Waals surface area contributed by atoms with Crippen molar-refractivity contribution in [3.63, 3.8) is 0 Å². The zero-order chi connectivity index (χ0) is 25.1. The molecular weight excluding hydrogens is 472 g/mol. The summed E-state index contributed by atoms with van der Waals surface area (Å²) in [5, 5.41) is 3.84. The number of para-hydroxylation sites is 2. The van der Waals surface area contributed by atoms with Crippen molar-refractivity contribution in [1.29, 1.82) is 0 Å². The summed E-state index contributed by atoms with van der Waals surface area (Å²) in [4.78, 5) is 27.9. The number of amides is 2. The molecule has 1 saturated carbocycles. The van der Waals surface area contributed by atoms with Gasteiger partial charge in [-0.3, -0.25) is 14.5 Å². The number of carbonyl (C=O) groups excluding carboxylic acids is 2. The Labute approximate surface area is 216 Å². The minimum atomic E-state index is -0.225. The summed E-state index contributed by atoms with van der Waals surface area (Å²) in [5.74, 6) is 1.07. The van der Waals surface area contributed by atoms with Gasteiger partial charge in [0.15, 0.2) is 11.5 Å². The standard InChI is InChI=1S/C30H29ClN2O3/c1-20-6-2-3-7-25(20)32-29(34)23-14-10-21(11-15-23)18-28-30(35)33(19-22-12-16-24(31)17-13-22)26-8-4-5-9-27(26)36-28/h4-5,8-18,20,25H,2-3,6-7,19H2,1H3,(H,32,34)/b28-18-/t20-,25+/m1/s1. The molecule has 3 aromatic rings. The second kappa shape index (κ2) is 10.6. The number of nitrogens with one attached hydrogen (secondary N) is 1. The van der Waals surface area contributed by atoms with E-state index in [-0.39, 0.29) is 23.6 Å². The fourth-order valence-electron chi connectivity index (χ4n) is 4.86. The maximum Gasteiger partial charge on any atom is 0.294 e. The highest BCUT2D eigenvalue weighted by Gasteiger charge is 2.30. The monoisotopic (exact) mass is 500 g/mol. The van der Waals surface area contributed by atoms with E-state index in [1.165, 1.54) is 6.42 Å². The smallest absolute Gasteiger partial charge is 0.294 e. The number of ether oxygens (including phenoxy) is 1. The third kappa shape index (κ3) is 5.31. The van der Waals surface area contributed by atoms with Gasteiger partial charge in [-0.2, -0.15) is 0 Å². The number of halogens is 1. The summed E-state index contributed by atoms with van der Waals surface area (Å²) in [6.45, 7) is 2.60. The van der Waals surface area contributed by atoms with Crippen LogP contribution in [-0.2, 0) is 11.3 Å². The number of anilines is 1. The first-order valence-corrected chi connectivity index (χ1v) is 12.8. The number of nitrogens with zero attached hydrogens (tertiary/aromatic N) is 1. The van der Waals surface area contributed by atoms with Crippen LogP contribution in [0.1, 0.15) is 54.1 Å². The fourth-order valence-corrected chi connectivity index (χ4v) is 4.98. The van der Waals surface area contributed by atoms with Crippen molar-refractivity contribution < 1.29 is 14.3 Å². The van der Waals surface area contributed by atoms with Crippen LogP contribution < -0.4 is 15.0 Å². The average molecular weight is 501 g/mol. The molecule has 0 aromatic heterocycles. The van der Waals surface area contributed by atoms with E-state index >= 15 is 0 Å². The summed E-state index contributed by atoms with van der Waals surface area (Å²) < 4.78 is 5.99. The van der Waals surface area contributed by atoms with Gasteiger partial charge in [0, 0.05) is 16.6 Å². The third-order valence-corrected chi connectivity index (χ3v) is 7.24. The van der Waals surface area contributed by atoms with E-state index < -0.39 is 0 Å². The van der Waals surface area contributed by atoms with Crippen LogP contribution in [0.3, 0.4) is 0 Å². The number of fused-ring (bicyclic) bond motifs is 1. The zero-order valence-electron chi connectivity index (χ0n) is 20.2. The van der Waals surface area contributed by atoms with Crippen LogP contribution in [0, 0.1) is 5.92 Å². The molecule has 36 heavy (non-hydrogen) atoms. The number of benzene rings is 3. The quantitative estimate of drug-likeness (QED) is 0.401. The molecule has 0 bridgehead atoms. The Morgan fingerprint density at radius 1 is 1.03 bits per heavy atom. The normalized spacial score (nSPS) is 20.6. The van der Waals surface area contributed by atoms with Crippen molar-refractivity contribution in [2.45, 2.75) is 45.2 Å². The maximum absolute atomic E-state index is 13.4. The lowest BCUT2D eigenvalue weighted by atomic mass is 9.86. The van der Waals surface area contributed by atoms with Gasteiger partial charge in [0.25, 0.3) is 11.8 Å². The summed E-state index contributed by atoms with van der Waals surface area (Å²) in [6, 6.07) is 22.4. The molecule has 1 heterocycles.